The molecule has 4 nitrogen and oxygen atoms in total. The van der Waals surface area contributed by atoms with Crippen LogP contribution in [0.25, 0.3) is 11.3 Å². The second kappa shape index (κ2) is 3.90. The molecule has 6 heteroatoms. The molecule has 0 saturated heterocycles. The SMILES string of the molecule is NCc1c(-c2cc(F)ccc2F)[nH][nH]c1=O. The van der Waals surface area contributed by atoms with Crippen LogP contribution in [0, 0.1) is 11.6 Å². The van der Waals surface area contributed by atoms with Gasteiger partial charge >= 0.3 is 0 Å². The third kappa shape index (κ3) is 1.63. The van der Waals surface area contributed by atoms with Gasteiger partial charge in [0.05, 0.1) is 11.3 Å². The predicted octanol–water partition coefficient (Wildman–Crippen LogP) is 1.11. The molecule has 2 aromatic rings. The van der Waals surface area contributed by atoms with Crippen molar-refractivity contribution in [1.82, 2.24) is 10.2 Å². The van der Waals surface area contributed by atoms with Crippen LogP contribution < -0.4 is 11.3 Å². The molecule has 0 fully saturated rings. The lowest BCUT2D eigenvalue weighted by molar-refractivity contribution is 0.602. The lowest BCUT2D eigenvalue weighted by atomic mass is 10.1. The standard InChI is InChI=1S/C10H9F2N3O/c11-5-1-2-8(12)6(3-5)9-7(4-13)10(16)15-14-9/h1-3H,4,13H2,(H2,14,15,16). The van der Waals surface area contributed by atoms with E-state index in [9.17, 15) is 13.6 Å². The topological polar surface area (TPSA) is 74.7 Å². The molecule has 1 aromatic heterocycles. The Labute approximate surface area is 89.1 Å². The van der Waals surface area contributed by atoms with Gasteiger partial charge in [-0.25, -0.2) is 8.78 Å². The highest BCUT2D eigenvalue weighted by atomic mass is 19.1. The van der Waals surface area contributed by atoms with E-state index in [0.717, 1.165) is 18.2 Å². The molecule has 84 valence electrons. The van der Waals surface area contributed by atoms with Crippen molar-refractivity contribution in [3.05, 3.63) is 45.8 Å². The van der Waals surface area contributed by atoms with Crippen LogP contribution in [0.2, 0.25) is 0 Å². The molecule has 0 bridgehead atoms. The summed E-state index contributed by atoms with van der Waals surface area (Å²) < 4.78 is 26.4. The minimum Gasteiger partial charge on any atom is -0.326 e. The van der Waals surface area contributed by atoms with Gasteiger partial charge in [0.25, 0.3) is 5.56 Å². The number of rotatable bonds is 2. The Bertz CT molecular complexity index is 574. The molecule has 0 spiro atoms. The van der Waals surface area contributed by atoms with Gasteiger partial charge in [0, 0.05) is 12.1 Å². The van der Waals surface area contributed by atoms with Crippen LogP contribution in [0.15, 0.2) is 23.0 Å². The van der Waals surface area contributed by atoms with Gasteiger partial charge in [-0.1, -0.05) is 0 Å². The number of benzene rings is 1. The highest BCUT2D eigenvalue weighted by molar-refractivity contribution is 5.63. The van der Waals surface area contributed by atoms with E-state index in [1.807, 2.05) is 0 Å². The quantitative estimate of drug-likeness (QED) is 0.716. The molecule has 0 unspecified atom stereocenters. The summed E-state index contributed by atoms with van der Waals surface area (Å²) in [5, 5.41) is 4.77. The number of aromatic nitrogens is 2. The summed E-state index contributed by atoms with van der Waals surface area (Å²) >= 11 is 0. The lowest BCUT2D eigenvalue weighted by Gasteiger charge is -2.02. The van der Waals surface area contributed by atoms with Crippen LogP contribution in [0.5, 0.6) is 0 Å². The third-order valence-electron chi connectivity index (χ3n) is 2.28. The van der Waals surface area contributed by atoms with Crippen molar-refractivity contribution in [1.29, 1.82) is 0 Å². The van der Waals surface area contributed by atoms with E-state index in [4.69, 9.17) is 5.73 Å². The first kappa shape index (κ1) is 10.6. The average molecular weight is 225 g/mol. The molecule has 2 rings (SSSR count). The summed E-state index contributed by atoms with van der Waals surface area (Å²) in [6.07, 6.45) is 0. The first-order valence-corrected chi connectivity index (χ1v) is 4.58. The Morgan fingerprint density at radius 2 is 2.00 bits per heavy atom. The van der Waals surface area contributed by atoms with Crippen LogP contribution in [0.4, 0.5) is 8.78 Å². The van der Waals surface area contributed by atoms with E-state index in [2.05, 4.69) is 10.2 Å². The highest BCUT2D eigenvalue weighted by Gasteiger charge is 2.14. The first-order chi connectivity index (χ1) is 7.63. The van der Waals surface area contributed by atoms with E-state index < -0.39 is 17.2 Å². The van der Waals surface area contributed by atoms with Gasteiger partial charge in [0.1, 0.15) is 11.6 Å². The Morgan fingerprint density at radius 3 is 2.69 bits per heavy atom. The molecule has 0 atom stereocenters. The largest absolute Gasteiger partial charge is 0.326 e. The van der Waals surface area contributed by atoms with E-state index in [0.29, 0.717) is 0 Å². The zero-order valence-electron chi connectivity index (χ0n) is 8.18. The van der Waals surface area contributed by atoms with E-state index >= 15 is 0 Å². The Morgan fingerprint density at radius 1 is 1.25 bits per heavy atom. The van der Waals surface area contributed by atoms with E-state index in [1.54, 1.807) is 0 Å². The minimum atomic E-state index is -0.619. The van der Waals surface area contributed by atoms with Crippen LogP contribution >= 0.6 is 0 Å². The Balaban J connectivity index is 2.67. The lowest BCUT2D eigenvalue weighted by Crippen LogP contribution is -2.10. The average Bonchev–Trinajstić information content (AvgIpc) is 2.63. The van der Waals surface area contributed by atoms with Crippen LogP contribution in [-0.4, -0.2) is 10.2 Å². The number of aromatic amines is 2. The zero-order valence-corrected chi connectivity index (χ0v) is 8.18. The Hall–Kier alpha value is -1.95. The fraction of sp³-hybridized carbons (Fsp3) is 0.100. The van der Waals surface area contributed by atoms with Gasteiger partial charge in [0.15, 0.2) is 0 Å². The van der Waals surface area contributed by atoms with Crippen LogP contribution in [-0.2, 0) is 6.54 Å². The van der Waals surface area contributed by atoms with Gasteiger partial charge in [-0.2, -0.15) is 0 Å². The second-order valence-corrected chi connectivity index (χ2v) is 3.26. The van der Waals surface area contributed by atoms with Crippen LogP contribution in [0.3, 0.4) is 0 Å². The van der Waals surface area contributed by atoms with Gasteiger partial charge in [-0.3, -0.25) is 15.0 Å². The molecular weight excluding hydrogens is 216 g/mol. The summed E-state index contributed by atoms with van der Waals surface area (Å²) in [4.78, 5) is 11.3. The number of H-pyrrole nitrogens is 2. The van der Waals surface area contributed by atoms with Crippen molar-refractivity contribution in [3.63, 3.8) is 0 Å². The maximum Gasteiger partial charge on any atom is 0.269 e. The van der Waals surface area contributed by atoms with Gasteiger partial charge in [-0.05, 0) is 18.2 Å². The van der Waals surface area contributed by atoms with Crippen molar-refractivity contribution in [2.75, 3.05) is 0 Å². The molecule has 0 aliphatic heterocycles. The maximum absolute atomic E-state index is 13.4. The summed E-state index contributed by atoms with van der Waals surface area (Å²) in [5.74, 6) is -1.20. The minimum absolute atomic E-state index is 0.0150. The molecule has 0 saturated carbocycles. The second-order valence-electron chi connectivity index (χ2n) is 3.26. The van der Waals surface area contributed by atoms with Crippen molar-refractivity contribution in [3.8, 4) is 11.3 Å². The maximum atomic E-state index is 13.4. The third-order valence-corrected chi connectivity index (χ3v) is 2.28. The first-order valence-electron chi connectivity index (χ1n) is 4.58. The van der Waals surface area contributed by atoms with Crippen molar-refractivity contribution < 1.29 is 8.78 Å². The summed E-state index contributed by atoms with van der Waals surface area (Å²) in [5.41, 5.74) is 5.30. The normalized spacial score (nSPS) is 10.7. The molecule has 0 radical (unpaired) electrons. The number of nitrogens with one attached hydrogen (secondary N) is 2. The number of hydrogen-bond acceptors (Lipinski definition) is 2. The predicted molar refractivity (Wildman–Crippen MR) is 54.7 cm³/mol. The summed E-state index contributed by atoms with van der Waals surface area (Å²) in [6.45, 7) is -0.0515. The number of halogens is 2. The molecule has 0 amide bonds. The van der Waals surface area contributed by atoms with Crippen molar-refractivity contribution >= 4 is 0 Å². The molecule has 0 aliphatic carbocycles. The van der Waals surface area contributed by atoms with Crippen molar-refractivity contribution in [2.24, 2.45) is 5.73 Å². The van der Waals surface area contributed by atoms with Crippen molar-refractivity contribution in [2.45, 2.75) is 6.54 Å². The van der Waals surface area contributed by atoms with Gasteiger partial charge in [0.2, 0.25) is 0 Å². The number of hydrogen-bond donors (Lipinski definition) is 3. The smallest absolute Gasteiger partial charge is 0.269 e. The molecular formula is C10H9F2N3O. The monoisotopic (exact) mass is 225 g/mol. The molecule has 1 aromatic carbocycles. The fourth-order valence-corrected chi connectivity index (χ4v) is 1.50. The summed E-state index contributed by atoms with van der Waals surface area (Å²) in [6, 6.07) is 3.01. The van der Waals surface area contributed by atoms with Gasteiger partial charge < -0.3 is 5.73 Å². The Kier molecular flexibility index (Phi) is 2.57. The van der Waals surface area contributed by atoms with Gasteiger partial charge in [-0.15, -0.1) is 0 Å². The number of nitrogens with two attached hydrogens (primary N) is 1. The molecule has 1 heterocycles. The highest BCUT2D eigenvalue weighted by Crippen LogP contribution is 2.23. The van der Waals surface area contributed by atoms with E-state index in [-0.39, 0.29) is 23.4 Å². The molecule has 4 N–H and O–H groups in total. The summed E-state index contributed by atoms with van der Waals surface area (Å²) in [7, 11) is 0. The zero-order chi connectivity index (χ0) is 11.7. The van der Waals surface area contributed by atoms with E-state index in [1.165, 1.54) is 0 Å². The molecule has 16 heavy (non-hydrogen) atoms. The fourth-order valence-electron chi connectivity index (χ4n) is 1.50. The van der Waals surface area contributed by atoms with Crippen LogP contribution in [0.1, 0.15) is 5.56 Å². The molecule has 0 aliphatic rings.